The zero-order valence-corrected chi connectivity index (χ0v) is 9.08. The molecule has 0 aliphatic carbocycles. The molecule has 1 spiro atoms. The van der Waals surface area contributed by atoms with Crippen molar-refractivity contribution in [1.29, 1.82) is 0 Å². The normalized spacial score (nSPS) is 27.6. The van der Waals surface area contributed by atoms with E-state index in [0.29, 0.717) is 11.2 Å². The number of Topliss-reactive ketones (excluding diaryl/α,β-unsaturated/α-hetero) is 1. The molecule has 3 nitrogen and oxygen atoms in total. The number of hydrogen-bond donors (Lipinski definition) is 0. The summed E-state index contributed by atoms with van der Waals surface area (Å²) in [7, 11) is 0. The summed E-state index contributed by atoms with van der Waals surface area (Å²) in [5.74, 6) is 0.489. The summed E-state index contributed by atoms with van der Waals surface area (Å²) in [4.78, 5) is 13.5. The van der Waals surface area contributed by atoms with Gasteiger partial charge in [-0.25, -0.2) is 0 Å². The summed E-state index contributed by atoms with van der Waals surface area (Å²) in [6.45, 7) is 8.73. The van der Waals surface area contributed by atoms with Gasteiger partial charge < -0.3 is 9.64 Å². The van der Waals surface area contributed by atoms with Gasteiger partial charge in [-0.15, -0.1) is 0 Å². The van der Waals surface area contributed by atoms with Crippen molar-refractivity contribution in [1.82, 2.24) is 4.90 Å². The molecule has 0 amide bonds. The van der Waals surface area contributed by atoms with Gasteiger partial charge >= 0.3 is 0 Å². The van der Waals surface area contributed by atoms with Gasteiger partial charge in [0.05, 0.1) is 6.61 Å². The second-order valence-corrected chi connectivity index (χ2v) is 4.98. The summed E-state index contributed by atoms with van der Waals surface area (Å²) >= 11 is 0. The first-order valence-corrected chi connectivity index (χ1v) is 5.42. The Kier molecular flexibility index (Phi) is 2.62. The molecule has 2 rings (SSSR count). The number of ether oxygens (including phenoxy) is 1. The minimum absolute atomic E-state index is 0.190. The molecule has 2 aliphatic heterocycles. The van der Waals surface area contributed by atoms with Crippen LogP contribution in [0.3, 0.4) is 0 Å². The molecule has 14 heavy (non-hydrogen) atoms. The zero-order chi connectivity index (χ0) is 10.2. The molecule has 0 aromatic rings. The predicted molar refractivity (Wildman–Crippen MR) is 54.2 cm³/mol. The molecule has 3 heteroatoms. The average Bonchev–Trinajstić information content (AvgIpc) is 2.51. The molecule has 2 aliphatic rings. The van der Waals surface area contributed by atoms with Gasteiger partial charge in [0.15, 0.2) is 0 Å². The Morgan fingerprint density at radius 3 is 2.79 bits per heavy atom. The maximum absolute atomic E-state index is 11.1. The minimum atomic E-state index is 0.190. The fourth-order valence-corrected chi connectivity index (χ4v) is 2.45. The lowest BCUT2D eigenvalue weighted by atomic mass is 9.79. The van der Waals surface area contributed by atoms with Crippen molar-refractivity contribution < 1.29 is 9.53 Å². The van der Waals surface area contributed by atoms with E-state index in [1.165, 1.54) is 6.42 Å². The van der Waals surface area contributed by atoms with E-state index >= 15 is 0 Å². The molecule has 0 radical (unpaired) electrons. The SMILES string of the molecule is CC(=O)C(C)CN1CC2(CCOC2)C1. The Morgan fingerprint density at radius 2 is 2.29 bits per heavy atom. The first-order valence-electron chi connectivity index (χ1n) is 5.42. The third kappa shape index (κ3) is 1.84. The monoisotopic (exact) mass is 197 g/mol. The lowest BCUT2D eigenvalue weighted by Gasteiger charge is -2.48. The Balaban J connectivity index is 1.75. The van der Waals surface area contributed by atoms with E-state index in [0.717, 1.165) is 32.8 Å². The number of carbonyl (C=O) groups excluding carboxylic acids is 1. The molecule has 2 saturated heterocycles. The molecule has 0 N–H and O–H groups in total. The van der Waals surface area contributed by atoms with Gasteiger partial charge in [-0.2, -0.15) is 0 Å². The van der Waals surface area contributed by atoms with Gasteiger partial charge in [0.1, 0.15) is 5.78 Å². The van der Waals surface area contributed by atoms with E-state index < -0.39 is 0 Å². The van der Waals surface area contributed by atoms with Crippen molar-refractivity contribution in [3.05, 3.63) is 0 Å². The van der Waals surface area contributed by atoms with Gasteiger partial charge in [0, 0.05) is 37.6 Å². The smallest absolute Gasteiger partial charge is 0.133 e. The van der Waals surface area contributed by atoms with Crippen LogP contribution >= 0.6 is 0 Å². The van der Waals surface area contributed by atoms with E-state index in [-0.39, 0.29) is 5.92 Å². The molecule has 0 aromatic heterocycles. The quantitative estimate of drug-likeness (QED) is 0.674. The topological polar surface area (TPSA) is 29.5 Å². The second kappa shape index (κ2) is 3.63. The van der Waals surface area contributed by atoms with Crippen molar-refractivity contribution in [3.63, 3.8) is 0 Å². The zero-order valence-electron chi connectivity index (χ0n) is 9.08. The predicted octanol–water partition coefficient (Wildman–Crippen LogP) is 0.934. The summed E-state index contributed by atoms with van der Waals surface area (Å²) in [5.41, 5.74) is 0.455. The Morgan fingerprint density at radius 1 is 1.57 bits per heavy atom. The molecule has 0 aromatic carbocycles. The molecule has 1 unspecified atom stereocenters. The third-order valence-electron chi connectivity index (χ3n) is 3.53. The third-order valence-corrected chi connectivity index (χ3v) is 3.53. The van der Waals surface area contributed by atoms with Crippen molar-refractivity contribution >= 4 is 5.78 Å². The van der Waals surface area contributed by atoms with Crippen molar-refractivity contribution in [3.8, 4) is 0 Å². The Labute approximate surface area is 85.4 Å². The van der Waals surface area contributed by atoms with Crippen LogP contribution in [0.5, 0.6) is 0 Å². The van der Waals surface area contributed by atoms with Gasteiger partial charge in [-0.05, 0) is 13.3 Å². The fraction of sp³-hybridized carbons (Fsp3) is 0.909. The van der Waals surface area contributed by atoms with Gasteiger partial charge in [0.2, 0.25) is 0 Å². The van der Waals surface area contributed by atoms with Crippen LogP contribution in [0.2, 0.25) is 0 Å². The lowest BCUT2D eigenvalue weighted by molar-refractivity contribution is -0.122. The second-order valence-electron chi connectivity index (χ2n) is 4.98. The van der Waals surface area contributed by atoms with Crippen molar-refractivity contribution in [2.24, 2.45) is 11.3 Å². The molecular weight excluding hydrogens is 178 g/mol. The molecule has 2 heterocycles. The standard InChI is InChI=1S/C11H19NO2/c1-9(10(2)13)5-12-6-11(7-12)3-4-14-8-11/h9H,3-8H2,1-2H3. The highest BCUT2D eigenvalue weighted by Crippen LogP contribution is 2.38. The highest BCUT2D eigenvalue weighted by Gasteiger charge is 2.45. The highest BCUT2D eigenvalue weighted by atomic mass is 16.5. The number of nitrogens with zero attached hydrogens (tertiary/aromatic N) is 1. The summed E-state index contributed by atoms with van der Waals surface area (Å²) in [6.07, 6.45) is 1.21. The summed E-state index contributed by atoms with van der Waals surface area (Å²) in [5, 5.41) is 0. The number of ketones is 1. The van der Waals surface area contributed by atoms with Crippen LogP contribution in [-0.4, -0.2) is 43.5 Å². The van der Waals surface area contributed by atoms with E-state index in [2.05, 4.69) is 4.90 Å². The Hall–Kier alpha value is -0.410. The van der Waals surface area contributed by atoms with Crippen LogP contribution in [0.1, 0.15) is 20.3 Å². The first-order chi connectivity index (χ1) is 6.61. The first kappa shape index (κ1) is 10.1. The molecule has 0 saturated carbocycles. The van der Waals surface area contributed by atoms with Crippen LogP contribution < -0.4 is 0 Å². The number of likely N-dealkylation sites (tertiary alicyclic amines) is 1. The van der Waals surface area contributed by atoms with Gasteiger partial charge in [-0.1, -0.05) is 6.92 Å². The maximum atomic E-state index is 11.1. The maximum Gasteiger partial charge on any atom is 0.133 e. The van der Waals surface area contributed by atoms with E-state index in [1.54, 1.807) is 6.92 Å². The van der Waals surface area contributed by atoms with Gasteiger partial charge in [-0.3, -0.25) is 4.79 Å². The van der Waals surface area contributed by atoms with Crippen LogP contribution in [0.4, 0.5) is 0 Å². The molecule has 2 fully saturated rings. The molecule has 80 valence electrons. The van der Waals surface area contributed by atoms with E-state index in [9.17, 15) is 4.79 Å². The van der Waals surface area contributed by atoms with Crippen molar-refractivity contribution in [2.45, 2.75) is 20.3 Å². The number of hydrogen-bond acceptors (Lipinski definition) is 3. The van der Waals surface area contributed by atoms with Crippen LogP contribution in [0.25, 0.3) is 0 Å². The Bertz CT molecular complexity index is 225. The van der Waals surface area contributed by atoms with Crippen LogP contribution in [0, 0.1) is 11.3 Å². The fourth-order valence-electron chi connectivity index (χ4n) is 2.45. The van der Waals surface area contributed by atoms with Crippen molar-refractivity contribution in [2.75, 3.05) is 32.8 Å². The van der Waals surface area contributed by atoms with E-state index in [1.807, 2.05) is 6.92 Å². The van der Waals surface area contributed by atoms with E-state index in [4.69, 9.17) is 4.74 Å². The van der Waals surface area contributed by atoms with Crippen LogP contribution in [0.15, 0.2) is 0 Å². The minimum Gasteiger partial charge on any atom is -0.381 e. The van der Waals surface area contributed by atoms with Gasteiger partial charge in [0.25, 0.3) is 0 Å². The lowest BCUT2D eigenvalue weighted by Crippen LogP contribution is -2.57. The molecule has 0 bridgehead atoms. The van der Waals surface area contributed by atoms with Crippen LogP contribution in [-0.2, 0) is 9.53 Å². The number of rotatable bonds is 3. The molecule has 1 atom stereocenters. The molecular formula is C11H19NO2. The summed E-state index contributed by atoms with van der Waals surface area (Å²) < 4.78 is 5.41. The highest BCUT2D eigenvalue weighted by molar-refractivity contribution is 5.78. The number of carbonyl (C=O) groups is 1. The largest absolute Gasteiger partial charge is 0.381 e. The average molecular weight is 197 g/mol. The summed E-state index contributed by atoms with van der Waals surface area (Å²) in [6, 6.07) is 0.